The Morgan fingerprint density at radius 1 is 1.00 bits per heavy atom. The molecule has 2 nitrogen and oxygen atoms in total. The molecule has 0 N–H and O–H groups in total. The number of rotatable bonds is 0. The molecule has 0 saturated carbocycles. The van der Waals surface area contributed by atoms with Crippen LogP contribution in [0.1, 0.15) is 12.8 Å². The van der Waals surface area contributed by atoms with Crippen LogP contribution in [0.15, 0.2) is 12.2 Å². The fraction of sp³-hybridized carbons (Fsp3) is 0.750. The Morgan fingerprint density at radius 2 is 1.40 bits per heavy atom. The van der Waals surface area contributed by atoms with Crippen LogP contribution < -0.4 is 0 Å². The lowest BCUT2D eigenvalue weighted by atomic mass is 9.95. The van der Waals surface area contributed by atoms with E-state index in [9.17, 15) is 0 Å². The Labute approximate surface area is 62.1 Å². The predicted molar refractivity (Wildman–Crippen MR) is 41.5 cm³/mol. The average molecular weight is 138 g/mol. The first-order valence-corrected chi connectivity index (χ1v) is 3.93. The third-order valence-electron chi connectivity index (χ3n) is 2.77. The van der Waals surface area contributed by atoms with Gasteiger partial charge in [0.2, 0.25) is 0 Å². The summed E-state index contributed by atoms with van der Waals surface area (Å²) in [6, 6.07) is 1.35. The second kappa shape index (κ2) is 2.07. The Bertz CT molecular complexity index is 147. The van der Waals surface area contributed by atoms with Crippen molar-refractivity contribution < 1.29 is 0 Å². The van der Waals surface area contributed by atoms with E-state index in [0.29, 0.717) is 12.1 Å². The Morgan fingerprint density at radius 3 is 1.60 bits per heavy atom. The van der Waals surface area contributed by atoms with E-state index >= 15 is 0 Å². The predicted octanol–water partition coefficient (Wildman–Crippen LogP) is 0.866. The van der Waals surface area contributed by atoms with Gasteiger partial charge < -0.3 is 0 Å². The fourth-order valence-corrected chi connectivity index (χ4v) is 1.88. The molecule has 2 unspecified atom stereocenters. The number of nitrogens with zero attached hydrogens (tertiary/aromatic N) is 2. The van der Waals surface area contributed by atoms with Gasteiger partial charge in [-0.1, -0.05) is 12.2 Å². The molecule has 0 aromatic carbocycles. The average Bonchev–Trinajstić information content (AvgIpc) is 2.00. The molecular formula is C8H14N2. The molecule has 3 rings (SSSR count). The normalized spacial score (nSPS) is 41.0. The maximum atomic E-state index is 2.33. The van der Waals surface area contributed by atoms with Gasteiger partial charge in [0.15, 0.2) is 0 Å². The fourth-order valence-electron chi connectivity index (χ4n) is 1.88. The minimum Gasteiger partial charge on any atom is -0.238 e. The molecule has 3 aliphatic rings. The summed E-state index contributed by atoms with van der Waals surface area (Å²) in [6.45, 7) is 0. The monoisotopic (exact) mass is 138 g/mol. The van der Waals surface area contributed by atoms with Gasteiger partial charge in [-0.05, 0) is 12.8 Å². The van der Waals surface area contributed by atoms with Crippen molar-refractivity contribution >= 4 is 0 Å². The van der Waals surface area contributed by atoms with Crippen molar-refractivity contribution in [2.45, 2.75) is 24.9 Å². The zero-order chi connectivity index (χ0) is 7.14. The lowest BCUT2D eigenvalue weighted by Gasteiger charge is -2.46. The van der Waals surface area contributed by atoms with E-state index in [1.54, 1.807) is 0 Å². The summed E-state index contributed by atoms with van der Waals surface area (Å²) in [5.74, 6) is 0. The first-order valence-electron chi connectivity index (χ1n) is 3.93. The molecule has 0 aromatic heterocycles. The van der Waals surface area contributed by atoms with Crippen LogP contribution in [0.3, 0.4) is 0 Å². The van der Waals surface area contributed by atoms with E-state index in [1.807, 2.05) is 0 Å². The molecule has 1 fully saturated rings. The first-order chi connectivity index (χ1) is 4.79. The van der Waals surface area contributed by atoms with Crippen LogP contribution in [0, 0.1) is 0 Å². The Balaban J connectivity index is 2.25. The molecule has 2 heterocycles. The topological polar surface area (TPSA) is 6.48 Å². The summed E-state index contributed by atoms with van der Waals surface area (Å²) in [6.07, 6.45) is 7.33. The lowest BCUT2D eigenvalue weighted by Crippen LogP contribution is -2.55. The SMILES string of the molecule is CN1C2C=CC(CC2)N1C. The minimum atomic E-state index is 0.676. The second-order valence-corrected chi connectivity index (χ2v) is 3.24. The highest BCUT2D eigenvalue weighted by molar-refractivity contribution is 5.09. The van der Waals surface area contributed by atoms with Crippen LogP contribution in [0.25, 0.3) is 0 Å². The van der Waals surface area contributed by atoms with Gasteiger partial charge in [0.25, 0.3) is 0 Å². The molecule has 1 saturated heterocycles. The van der Waals surface area contributed by atoms with Crippen molar-refractivity contribution in [1.29, 1.82) is 0 Å². The van der Waals surface area contributed by atoms with Gasteiger partial charge in [-0.2, -0.15) is 0 Å². The lowest BCUT2D eigenvalue weighted by molar-refractivity contribution is -0.0659. The van der Waals surface area contributed by atoms with Gasteiger partial charge in [0.1, 0.15) is 0 Å². The zero-order valence-electron chi connectivity index (χ0n) is 6.62. The molecule has 0 radical (unpaired) electrons. The van der Waals surface area contributed by atoms with Gasteiger partial charge in [0, 0.05) is 26.2 Å². The van der Waals surface area contributed by atoms with Gasteiger partial charge >= 0.3 is 0 Å². The van der Waals surface area contributed by atoms with Crippen LogP contribution in [-0.2, 0) is 0 Å². The maximum Gasteiger partial charge on any atom is 0.0424 e. The van der Waals surface area contributed by atoms with Crippen molar-refractivity contribution in [1.82, 2.24) is 10.0 Å². The Hall–Kier alpha value is -0.340. The van der Waals surface area contributed by atoms with Crippen LogP contribution >= 0.6 is 0 Å². The van der Waals surface area contributed by atoms with Crippen molar-refractivity contribution in [3.63, 3.8) is 0 Å². The summed E-state index contributed by atoms with van der Waals surface area (Å²) in [5.41, 5.74) is 0. The van der Waals surface area contributed by atoms with Crippen molar-refractivity contribution in [3.8, 4) is 0 Å². The second-order valence-electron chi connectivity index (χ2n) is 3.24. The zero-order valence-corrected chi connectivity index (χ0v) is 6.62. The molecule has 2 bridgehead atoms. The van der Waals surface area contributed by atoms with E-state index < -0.39 is 0 Å². The molecule has 0 amide bonds. The van der Waals surface area contributed by atoms with Gasteiger partial charge in [-0.25, -0.2) is 10.0 Å². The van der Waals surface area contributed by atoms with Gasteiger partial charge in [0.05, 0.1) is 0 Å². The molecule has 2 atom stereocenters. The number of likely N-dealkylation sites (N-methyl/N-ethyl adjacent to an activating group) is 2. The first kappa shape index (κ1) is 6.38. The van der Waals surface area contributed by atoms with E-state index in [2.05, 4.69) is 36.3 Å². The van der Waals surface area contributed by atoms with Crippen molar-refractivity contribution in [2.24, 2.45) is 0 Å². The smallest absolute Gasteiger partial charge is 0.0424 e. The number of hydrogen-bond acceptors (Lipinski definition) is 2. The third-order valence-corrected chi connectivity index (χ3v) is 2.77. The minimum absolute atomic E-state index is 0.676. The molecular weight excluding hydrogens is 124 g/mol. The molecule has 0 spiro atoms. The summed E-state index contributed by atoms with van der Waals surface area (Å²) < 4.78 is 0. The largest absolute Gasteiger partial charge is 0.238 e. The summed E-state index contributed by atoms with van der Waals surface area (Å²) in [4.78, 5) is 0. The third kappa shape index (κ3) is 0.724. The standard InChI is InChI=1S/C8H14N2/c1-9-7-3-5-8(6-4-7)10(9)2/h3,5,7-8H,4,6H2,1-2H3. The highest BCUT2D eigenvalue weighted by Crippen LogP contribution is 2.27. The highest BCUT2D eigenvalue weighted by Gasteiger charge is 2.31. The molecule has 2 heteroatoms. The van der Waals surface area contributed by atoms with E-state index in [1.165, 1.54) is 12.8 Å². The molecule has 0 aromatic rings. The van der Waals surface area contributed by atoms with Crippen LogP contribution in [0.4, 0.5) is 0 Å². The summed E-state index contributed by atoms with van der Waals surface area (Å²) >= 11 is 0. The van der Waals surface area contributed by atoms with E-state index in [0.717, 1.165) is 0 Å². The van der Waals surface area contributed by atoms with Crippen LogP contribution in [0.2, 0.25) is 0 Å². The highest BCUT2D eigenvalue weighted by atomic mass is 15.6. The van der Waals surface area contributed by atoms with Crippen molar-refractivity contribution in [2.75, 3.05) is 14.1 Å². The number of fused-ring (bicyclic) bond motifs is 2. The molecule has 2 aliphatic heterocycles. The molecule has 1 aliphatic carbocycles. The quantitative estimate of drug-likeness (QED) is 0.458. The van der Waals surface area contributed by atoms with Gasteiger partial charge in [-0.15, -0.1) is 0 Å². The molecule has 56 valence electrons. The summed E-state index contributed by atoms with van der Waals surface area (Å²) in [7, 11) is 4.33. The number of hydrazine groups is 1. The number of hydrogen-bond donors (Lipinski definition) is 0. The maximum absolute atomic E-state index is 2.33. The van der Waals surface area contributed by atoms with Crippen LogP contribution in [0.5, 0.6) is 0 Å². The van der Waals surface area contributed by atoms with Crippen LogP contribution in [-0.4, -0.2) is 36.2 Å². The van der Waals surface area contributed by atoms with E-state index in [-0.39, 0.29) is 0 Å². The molecule has 10 heavy (non-hydrogen) atoms. The van der Waals surface area contributed by atoms with E-state index in [4.69, 9.17) is 0 Å². The van der Waals surface area contributed by atoms with Gasteiger partial charge in [-0.3, -0.25) is 0 Å². The summed E-state index contributed by atoms with van der Waals surface area (Å²) in [5, 5.41) is 4.66. The van der Waals surface area contributed by atoms with Crippen molar-refractivity contribution in [3.05, 3.63) is 12.2 Å². The Kier molecular flexibility index (Phi) is 1.32.